The van der Waals surface area contributed by atoms with Gasteiger partial charge in [0.05, 0.1) is 29.4 Å². The number of aromatic nitrogens is 2. The maximum Gasteiger partial charge on any atom is 0.299 e. The van der Waals surface area contributed by atoms with E-state index in [1.54, 1.807) is 0 Å². The van der Waals surface area contributed by atoms with Gasteiger partial charge in [-0.15, -0.1) is 0 Å². The van der Waals surface area contributed by atoms with Crippen molar-refractivity contribution in [2.45, 2.75) is 31.9 Å². The lowest BCUT2D eigenvalue weighted by Gasteiger charge is -2.26. The number of likely N-dealkylation sites (N-methyl/N-ethyl adjacent to an activating group) is 1. The van der Waals surface area contributed by atoms with Gasteiger partial charge in [0.15, 0.2) is 6.29 Å². The number of aldehydes is 1. The van der Waals surface area contributed by atoms with Gasteiger partial charge in [0.1, 0.15) is 0 Å². The van der Waals surface area contributed by atoms with E-state index in [9.17, 15) is 8.78 Å². The van der Waals surface area contributed by atoms with Crippen LogP contribution in [-0.4, -0.2) is 35.1 Å². The average Bonchev–Trinajstić information content (AvgIpc) is 3.21. The van der Waals surface area contributed by atoms with Crippen LogP contribution >= 0.6 is 0 Å². The topological polar surface area (TPSA) is 70.7 Å². The molecule has 0 radical (unpaired) electrons. The SMILES string of the molecule is CC(F)(F)C=O.CN[C@H](C)C(c1ccc2ccccc2c1)n1ncc2cc(C#N)ccc21. The maximum absolute atomic E-state index is 11.1. The van der Waals surface area contributed by atoms with Crippen LogP contribution in [0.1, 0.15) is 31.0 Å². The highest BCUT2D eigenvalue weighted by molar-refractivity contribution is 5.83. The molecule has 4 aromatic rings. The summed E-state index contributed by atoms with van der Waals surface area (Å²) in [5.74, 6) is -3.14. The second kappa shape index (κ2) is 9.67. The first kappa shape index (κ1) is 23.0. The molecule has 0 fully saturated rings. The molecule has 0 saturated carbocycles. The number of fused-ring (bicyclic) bond motifs is 2. The highest BCUT2D eigenvalue weighted by Gasteiger charge is 2.23. The third kappa shape index (κ3) is 5.16. The molecule has 164 valence electrons. The summed E-state index contributed by atoms with van der Waals surface area (Å²) in [6, 6.07) is 23.1. The Morgan fingerprint density at radius 1 is 1.09 bits per heavy atom. The first-order valence-corrected chi connectivity index (χ1v) is 10.1. The van der Waals surface area contributed by atoms with Crippen molar-refractivity contribution in [2.75, 3.05) is 7.05 Å². The van der Waals surface area contributed by atoms with Crippen molar-refractivity contribution in [1.29, 1.82) is 5.26 Å². The number of halogens is 2. The fourth-order valence-corrected chi connectivity index (χ4v) is 3.54. The molecular formula is C25H24F2N4O. The summed E-state index contributed by atoms with van der Waals surface area (Å²) >= 11 is 0. The minimum Gasteiger partial charge on any atom is -0.315 e. The van der Waals surface area contributed by atoms with Crippen LogP contribution in [0.2, 0.25) is 0 Å². The van der Waals surface area contributed by atoms with E-state index in [0.717, 1.165) is 10.9 Å². The number of nitrogens with one attached hydrogen (secondary N) is 1. The average molecular weight is 434 g/mol. The Hall–Kier alpha value is -3.63. The number of alkyl halides is 2. The van der Waals surface area contributed by atoms with Crippen LogP contribution < -0.4 is 5.32 Å². The summed E-state index contributed by atoms with van der Waals surface area (Å²) in [5, 5.41) is 20.6. The fraction of sp³-hybridized carbons (Fsp3) is 0.240. The van der Waals surface area contributed by atoms with E-state index in [-0.39, 0.29) is 12.1 Å². The maximum atomic E-state index is 11.1. The van der Waals surface area contributed by atoms with Crippen LogP contribution in [0.5, 0.6) is 0 Å². The van der Waals surface area contributed by atoms with Crippen molar-refractivity contribution >= 4 is 28.0 Å². The van der Waals surface area contributed by atoms with Crippen LogP contribution in [0.3, 0.4) is 0 Å². The molecule has 0 amide bonds. The van der Waals surface area contributed by atoms with Crippen LogP contribution in [0.15, 0.2) is 66.9 Å². The van der Waals surface area contributed by atoms with Crippen LogP contribution in [0.4, 0.5) is 8.78 Å². The van der Waals surface area contributed by atoms with E-state index in [1.165, 1.54) is 16.3 Å². The van der Waals surface area contributed by atoms with E-state index in [1.807, 2.05) is 31.4 Å². The predicted molar refractivity (Wildman–Crippen MR) is 122 cm³/mol. The number of nitrogens with zero attached hydrogens (tertiary/aromatic N) is 3. The number of nitriles is 1. The van der Waals surface area contributed by atoms with Crippen molar-refractivity contribution in [3.05, 3.63) is 78.0 Å². The van der Waals surface area contributed by atoms with Crippen molar-refractivity contribution in [2.24, 2.45) is 0 Å². The number of hydrogen-bond acceptors (Lipinski definition) is 4. The van der Waals surface area contributed by atoms with E-state index in [4.69, 9.17) is 10.1 Å². The Morgan fingerprint density at radius 3 is 2.41 bits per heavy atom. The van der Waals surface area contributed by atoms with E-state index >= 15 is 0 Å². The number of benzene rings is 3. The third-order valence-corrected chi connectivity index (χ3v) is 5.24. The summed E-state index contributed by atoms with van der Waals surface area (Å²) in [6.07, 6.45) is 1.44. The molecular weight excluding hydrogens is 410 g/mol. The molecule has 1 N–H and O–H groups in total. The first-order valence-electron chi connectivity index (χ1n) is 10.1. The van der Waals surface area contributed by atoms with Gasteiger partial charge in [-0.2, -0.15) is 19.1 Å². The zero-order valence-corrected chi connectivity index (χ0v) is 18.1. The second-order valence-corrected chi connectivity index (χ2v) is 7.68. The Kier molecular flexibility index (Phi) is 6.96. The van der Waals surface area contributed by atoms with Crippen LogP contribution in [-0.2, 0) is 4.79 Å². The molecule has 0 saturated heterocycles. The van der Waals surface area contributed by atoms with Gasteiger partial charge in [-0.05, 0) is 54.6 Å². The summed E-state index contributed by atoms with van der Waals surface area (Å²) in [7, 11) is 1.97. The molecule has 32 heavy (non-hydrogen) atoms. The molecule has 7 heteroatoms. The monoisotopic (exact) mass is 434 g/mol. The van der Waals surface area contributed by atoms with Gasteiger partial charge in [0.2, 0.25) is 0 Å². The molecule has 1 aromatic heterocycles. The smallest absolute Gasteiger partial charge is 0.299 e. The fourth-order valence-electron chi connectivity index (χ4n) is 3.54. The van der Waals surface area contributed by atoms with Crippen LogP contribution in [0.25, 0.3) is 21.7 Å². The van der Waals surface area contributed by atoms with Crippen molar-refractivity contribution < 1.29 is 13.6 Å². The van der Waals surface area contributed by atoms with Gasteiger partial charge in [-0.3, -0.25) is 9.48 Å². The zero-order valence-electron chi connectivity index (χ0n) is 18.1. The summed E-state index contributed by atoms with van der Waals surface area (Å²) in [4.78, 5) is 9.08. The molecule has 1 unspecified atom stereocenters. The molecule has 1 heterocycles. The predicted octanol–water partition coefficient (Wildman–Crippen LogP) is 5.10. The Morgan fingerprint density at radius 2 is 1.78 bits per heavy atom. The Labute approximate surface area is 185 Å². The van der Waals surface area contributed by atoms with Gasteiger partial charge in [0, 0.05) is 18.4 Å². The van der Waals surface area contributed by atoms with E-state index < -0.39 is 12.2 Å². The van der Waals surface area contributed by atoms with E-state index in [0.29, 0.717) is 12.5 Å². The van der Waals surface area contributed by atoms with Crippen molar-refractivity contribution in [1.82, 2.24) is 15.1 Å². The lowest BCUT2D eigenvalue weighted by Crippen LogP contribution is -2.33. The Balaban J connectivity index is 0.000000427. The molecule has 0 bridgehead atoms. The van der Waals surface area contributed by atoms with Crippen molar-refractivity contribution in [3.8, 4) is 6.07 Å². The molecule has 0 aliphatic carbocycles. The summed E-state index contributed by atoms with van der Waals surface area (Å²) in [6.45, 7) is 2.71. The van der Waals surface area contributed by atoms with Crippen LogP contribution in [0, 0.1) is 11.3 Å². The number of carbonyl (C=O) groups excluding carboxylic acids is 1. The largest absolute Gasteiger partial charge is 0.315 e. The lowest BCUT2D eigenvalue weighted by atomic mass is 9.97. The zero-order chi connectivity index (χ0) is 23.3. The molecule has 4 rings (SSSR count). The van der Waals surface area contributed by atoms with Gasteiger partial charge in [-0.1, -0.05) is 36.4 Å². The second-order valence-electron chi connectivity index (χ2n) is 7.68. The molecule has 0 spiro atoms. The molecule has 3 aromatic carbocycles. The molecule has 5 nitrogen and oxygen atoms in total. The van der Waals surface area contributed by atoms with Crippen molar-refractivity contribution in [3.63, 3.8) is 0 Å². The first-order chi connectivity index (χ1) is 15.3. The molecule has 0 aliphatic rings. The lowest BCUT2D eigenvalue weighted by molar-refractivity contribution is -0.126. The highest BCUT2D eigenvalue weighted by atomic mass is 19.3. The Bertz CT molecular complexity index is 1270. The normalized spacial score (nSPS) is 13.1. The highest BCUT2D eigenvalue weighted by Crippen LogP contribution is 2.29. The summed E-state index contributed by atoms with van der Waals surface area (Å²) < 4.78 is 24.2. The third-order valence-electron chi connectivity index (χ3n) is 5.24. The van der Waals surface area contributed by atoms with Gasteiger partial charge < -0.3 is 5.32 Å². The quantitative estimate of drug-likeness (QED) is 0.444. The number of carbonyl (C=O) groups is 1. The van der Waals surface area contributed by atoms with Gasteiger partial charge >= 0.3 is 0 Å². The van der Waals surface area contributed by atoms with E-state index in [2.05, 4.69) is 70.6 Å². The molecule has 0 aliphatic heterocycles. The molecule has 2 atom stereocenters. The minimum atomic E-state index is -3.14. The summed E-state index contributed by atoms with van der Waals surface area (Å²) in [5.41, 5.74) is 2.89. The number of rotatable bonds is 5. The van der Waals surface area contributed by atoms with Gasteiger partial charge in [0.25, 0.3) is 5.92 Å². The number of hydrogen-bond donors (Lipinski definition) is 1. The minimum absolute atomic E-state index is 0.0510. The van der Waals surface area contributed by atoms with Gasteiger partial charge in [-0.25, -0.2) is 0 Å². The standard InChI is InChI=1S/C22H20N4.C3H4F2O/c1-15(24-2)22(19-9-8-17-5-3-4-6-18(17)12-19)26-21-10-7-16(13-23)11-20(21)14-25-26;1-3(4,5)2-6/h3-12,14-15,22,24H,1-2H3;2H,1H3/t15-,22?;/m1./s1.